The van der Waals surface area contributed by atoms with Crippen molar-refractivity contribution in [2.45, 2.75) is 11.8 Å². The summed E-state index contributed by atoms with van der Waals surface area (Å²) in [4.78, 5) is 0.118. The van der Waals surface area contributed by atoms with E-state index in [-0.39, 0.29) is 10.7 Å². The van der Waals surface area contributed by atoms with E-state index in [2.05, 4.69) is 9.88 Å². The number of hydrogen-bond donors (Lipinski definition) is 2. The zero-order valence-electron chi connectivity index (χ0n) is 11.9. The first kappa shape index (κ1) is 17.3. The van der Waals surface area contributed by atoms with Crippen LogP contribution in [0.25, 0.3) is 0 Å². The third-order valence-corrected chi connectivity index (χ3v) is 3.43. The Balaban J connectivity index is 0.000000491. The topological polar surface area (TPSA) is 121 Å². The van der Waals surface area contributed by atoms with Crippen molar-refractivity contribution in [3.63, 3.8) is 0 Å². The van der Waals surface area contributed by atoms with Gasteiger partial charge in [0.25, 0.3) is 10.0 Å². The van der Waals surface area contributed by atoms with E-state index in [1.54, 1.807) is 19.4 Å². The minimum Gasteiger partial charge on any atom is -0.617 e. The number of anilines is 2. The van der Waals surface area contributed by atoms with Crippen molar-refractivity contribution in [1.29, 1.82) is 0 Å². The van der Waals surface area contributed by atoms with Gasteiger partial charge in [-0.25, -0.2) is 8.42 Å². The number of hydrogen-bond acceptors (Lipinski definition) is 6. The van der Waals surface area contributed by atoms with Gasteiger partial charge in [0.05, 0.1) is 17.4 Å². The van der Waals surface area contributed by atoms with Gasteiger partial charge in [0.1, 0.15) is 5.76 Å². The van der Waals surface area contributed by atoms with Crippen molar-refractivity contribution >= 4 is 32.7 Å². The molecule has 116 valence electrons. The summed E-state index contributed by atoms with van der Waals surface area (Å²) in [6, 6.07) is 7.37. The van der Waals surface area contributed by atoms with Gasteiger partial charge >= 0.3 is 0 Å². The van der Waals surface area contributed by atoms with Gasteiger partial charge < -0.3 is 14.8 Å². The van der Waals surface area contributed by atoms with Crippen molar-refractivity contribution in [3.05, 3.63) is 36.1 Å². The summed E-state index contributed by atoms with van der Waals surface area (Å²) in [6.07, 6.45) is 3.28. The van der Waals surface area contributed by atoms with Crippen molar-refractivity contribution < 1.29 is 17.5 Å². The molecule has 0 amide bonds. The molecule has 0 saturated carbocycles. The monoisotopic (exact) mass is 331 g/mol. The normalized spacial score (nSPS) is 10.9. The second kappa shape index (κ2) is 7.34. The smallest absolute Gasteiger partial charge is 0.263 e. The lowest BCUT2D eigenvalue weighted by molar-refractivity contribution is 0.400. The predicted molar refractivity (Wildman–Crippen MR) is 82.9 cm³/mol. The Kier molecular flexibility index (Phi) is 6.06. The Morgan fingerprint density at radius 2 is 1.81 bits per heavy atom. The van der Waals surface area contributed by atoms with Crippen LogP contribution in [0, 0.1) is 6.92 Å². The molecule has 0 unspecified atom stereocenters. The second-order valence-electron chi connectivity index (χ2n) is 4.24. The molecule has 1 aromatic carbocycles. The molecule has 0 aliphatic carbocycles. The van der Waals surface area contributed by atoms with Crippen molar-refractivity contribution in [1.82, 2.24) is 5.16 Å². The maximum atomic E-state index is 11.9. The highest BCUT2D eigenvalue weighted by Gasteiger charge is 2.15. The Bertz CT molecular complexity index is 663. The van der Waals surface area contributed by atoms with Crippen molar-refractivity contribution in [2.75, 3.05) is 23.0 Å². The van der Waals surface area contributed by atoms with Gasteiger partial charge in [-0.3, -0.25) is 4.72 Å². The number of rotatable bonds is 3. The molecular weight excluding hydrogens is 314 g/mol. The average Bonchev–Trinajstić information content (AvgIpc) is 2.73. The van der Waals surface area contributed by atoms with E-state index < -0.39 is 21.2 Å². The zero-order chi connectivity index (χ0) is 16.0. The highest BCUT2D eigenvalue weighted by molar-refractivity contribution is 7.92. The lowest BCUT2D eigenvalue weighted by Gasteiger charge is -2.04. The van der Waals surface area contributed by atoms with Gasteiger partial charge in [-0.15, -0.1) is 0 Å². The molecule has 1 aromatic heterocycles. The van der Waals surface area contributed by atoms with Crippen LogP contribution in [0.15, 0.2) is 39.8 Å². The van der Waals surface area contributed by atoms with Crippen LogP contribution in [0.2, 0.25) is 0 Å². The van der Waals surface area contributed by atoms with Crippen molar-refractivity contribution in [3.8, 4) is 0 Å². The summed E-state index contributed by atoms with van der Waals surface area (Å²) < 4.78 is 40.4. The van der Waals surface area contributed by atoms with Crippen LogP contribution < -0.4 is 10.5 Å². The van der Waals surface area contributed by atoms with E-state index in [4.69, 9.17) is 10.3 Å². The number of sulfonamides is 1. The lowest BCUT2D eigenvalue weighted by atomic mass is 10.3. The van der Waals surface area contributed by atoms with Crippen LogP contribution in [0.5, 0.6) is 0 Å². The van der Waals surface area contributed by atoms with Gasteiger partial charge in [0, 0.05) is 11.8 Å². The molecule has 0 bridgehead atoms. The Morgan fingerprint density at radius 1 is 1.29 bits per heavy atom. The summed E-state index contributed by atoms with van der Waals surface area (Å²) in [7, 11) is -3.64. The summed E-state index contributed by atoms with van der Waals surface area (Å²) in [6.45, 7) is 1.67. The molecule has 21 heavy (non-hydrogen) atoms. The molecule has 0 fully saturated rings. The first-order chi connectivity index (χ1) is 9.70. The van der Waals surface area contributed by atoms with E-state index in [1.807, 2.05) is 0 Å². The summed E-state index contributed by atoms with van der Waals surface area (Å²) >= 11 is -0.611. The van der Waals surface area contributed by atoms with Crippen LogP contribution in [0.3, 0.4) is 0 Å². The molecule has 0 atom stereocenters. The quantitative estimate of drug-likeness (QED) is 0.647. The Morgan fingerprint density at radius 3 is 2.24 bits per heavy atom. The first-order valence-electron chi connectivity index (χ1n) is 5.77. The highest BCUT2D eigenvalue weighted by Crippen LogP contribution is 2.16. The van der Waals surface area contributed by atoms with Crippen molar-refractivity contribution in [2.24, 2.45) is 0 Å². The largest absolute Gasteiger partial charge is 0.617 e. The van der Waals surface area contributed by atoms with E-state index in [0.29, 0.717) is 11.4 Å². The van der Waals surface area contributed by atoms with Crippen LogP contribution in [-0.2, 0) is 21.2 Å². The van der Waals surface area contributed by atoms with E-state index in [0.717, 1.165) is 0 Å². The molecular formula is C12H17N3O4S2. The van der Waals surface area contributed by atoms with Crippen LogP contribution in [0.4, 0.5) is 11.5 Å². The fourth-order valence-electron chi connectivity index (χ4n) is 1.26. The van der Waals surface area contributed by atoms with E-state index in [9.17, 15) is 13.0 Å². The number of aryl methyl sites for hydroxylation is 1. The highest BCUT2D eigenvalue weighted by atomic mass is 32.2. The van der Waals surface area contributed by atoms with Crippen LogP contribution >= 0.6 is 0 Å². The minimum absolute atomic E-state index is 0.118. The van der Waals surface area contributed by atoms with Gasteiger partial charge in [0.15, 0.2) is 5.82 Å². The number of benzene rings is 1. The second-order valence-corrected chi connectivity index (χ2v) is 7.40. The molecule has 0 aliphatic rings. The van der Waals surface area contributed by atoms with Gasteiger partial charge in [-0.05, 0) is 31.2 Å². The minimum atomic E-state index is -3.64. The van der Waals surface area contributed by atoms with Gasteiger partial charge in [-0.2, -0.15) is 0 Å². The summed E-state index contributed by atoms with van der Waals surface area (Å²) in [5, 5.41) is 3.55. The molecule has 0 spiro atoms. The molecule has 2 aromatic rings. The van der Waals surface area contributed by atoms with Gasteiger partial charge in [-0.1, -0.05) is 16.3 Å². The zero-order valence-corrected chi connectivity index (χ0v) is 13.5. The maximum absolute atomic E-state index is 11.9. The Labute approximate surface area is 126 Å². The molecule has 0 aliphatic heterocycles. The lowest BCUT2D eigenvalue weighted by Crippen LogP contribution is -2.13. The van der Waals surface area contributed by atoms with E-state index in [1.165, 1.54) is 30.3 Å². The number of nitrogens with two attached hydrogens (primary N) is 1. The molecule has 2 rings (SSSR count). The molecule has 0 saturated heterocycles. The Hall–Kier alpha value is -1.71. The summed E-state index contributed by atoms with van der Waals surface area (Å²) in [5.74, 6) is 0.680. The number of nitrogen functional groups attached to an aromatic ring is 1. The fourth-order valence-corrected chi connectivity index (χ4v) is 2.24. The van der Waals surface area contributed by atoms with Crippen LogP contribution in [-0.4, -0.2) is 30.6 Å². The fraction of sp³-hybridized carbons (Fsp3) is 0.250. The third kappa shape index (κ3) is 6.06. The van der Waals surface area contributed by atoms with Crippen LogP contribution in [0.1, 0.15) is 5.76 Å². The number of aromatic nitrogens is 1. The molecule has 0 radical (unpaired) electrons. The van der Waals surface area contributed by atoms with E-state index >= 15 is 0 Å². The standard InChI is InChI=1S/C10H11N3O3S.C2H6OS/c1-7-6-10(12-16-7)13-17(14,15)9-4-2-8(11)3-5-9;1-4(2)3/h2-6H,11H2,1H3,(H,12,13);1-2H3. The SMILES string of the molecule is C[S+](C)[O-].Cc1cc(NS(=O)(=O)c2ccc(N)cc2)no1. The average molecular weight is 331 g/mol. The first-order valence-corrected chi connectivity index (χ1v) is 9.22. The predicted octanol–water partition coefficient (Wildman–Crippen LogP) is 1.36. The maximum Gasteiger partial charge on any atom is 0.263 e. The van der Waals surface area contributed by atoms with Gasteiger partial charge in [0.2, 0.25) is 0 Å². The molecule has 1 heterocycles. The number of nitrogens with one attached hydrogen (secondary N) is 1. The molecule has 3 N–H and O–H groups in total. The molecule has 9 heteroatoms. The molecule has 7 nitrogen and oxygen atoms in total. The third-order valence-electron chi connectivity index (χ3n) is 2.06. The summed E-state index contributed by atoms with van der Waals surface area (Å²) in [5.41, 5.74) is 5.98. The number of nitrogens with zero attached hydrogens (tertiary/aromatic N) is 1.